The highest BCUT2D eigenvalue weighted by Gasteiger charge is 2.23. The molecule has 1 fully saturated rings. The van der Waals surface area contributed by atoms with E-state index in [4.69, 9.17) is 5.26 Å². The van der Waals surface area contributed by atoms with Crippen LogP contribution in [0.15, 0.2) is 12.1 Å². The molecule has 0 amide bonds. The van der Waals surface area contributed by atoms with Gasteiger partial charge in [-0.1, -0.05) is 12.8 Å². The van der Waals surface area contributed by atoms with E-state index in [0.29, 0.717) is 0 Å². The molecule has 0 aromatic heterocycles. The Morgan fingerprint density at radius 1 is 1.24 bits per heavy atom. The van der Waals surface area contributed by atoms with Gasteiger partial charge in [0, 0.05) is 13.1 Å². The number of rotatable bonds is 2. The molecule has 17 heavy (non-hydrogen) atoms. The minimum absolute atomic E-state index is 0.244. The number of hydrogen-bond donors (Lipinski definition) is 0. The normalized spacial score (nSPS) is 15.9. The van der Waals surface area contributed by atoms with Crippen LogP contribution < -0.4 is 4.90 Å². The van der Waals surface area contributed by atoms with Crippen LogP contribution in [0.25, 0.3) is 0 Å². The van der Waals surface area contributed by atoms with Gasteiger partial charge in [-0.25, -0.2) is 8.78 Å². The van der Waals surface area contributed by atoms with Gasteiger partial charge in [0.25, 0.3) is 0 Å². The highest BCUT2D eigenvalue weighted by atomic mass is 19.2. The lowest BCUT2D eigenvalue weighted by molar-refractivity contribution is 0.500. The molecule has 2 nitrogen and oxygen atoms in total. The molecule has 90 valence electrons. The molecule has 2 rings (SSSR count). The minimum Gasteiger partial charge on any atom is -0.369 e. The molecule has 0 N–H and O–H groups in total. The summed E-state index contributed by atoms with van der Waals surface area (Å²) in [7, 11) is 1.78. The van der Waals surface area contributed by atoms with Crippen LogP contribution in [0.2, 0.25) is 0 Å². The molecule has 1 aliphatic carbocycles. The number of hydrogen-bond acceptors (Lipinski definition) is 2. The maximum absolute atomic E-state index is 13.8. The van der Waals surface area contributed by atoms with Gasteiger partial charge in [-0.05, 0) is 25.0 Å². The maximum atomic E-state index is 13.8. The summed E-state index contributed by atoms with van der Waals surface area (Å²) < 4.78 is 27.3. The molecule has 0 heterocycles. The first-order valence-electron chi connectivity index (χ1n) is 5.76. The van der Waals surface area contributed by atoms with Gasteiger partial charge in [0.2, 0.25) is 0 Å². The van der Waals surface area contributed by atoms with Crippen molar-refractivity contribution >= 4 is 5.69 Å². The first-order valence-corrected chi connectivity index (χ1v) is 5.76. The molecule has 0 radical (unpaired) electrons. The number of nitriles is 1. The predicted molar refractivity (Wildman–Crippen MR) is 61.7 cm³/mol. The number of nitrogens with zero attached hydrogens (tertiary/aromatic N) is 2. The van der Waals surface area contributed by atoms with E-state index in [2.05, 4.69) is 0 Å². The zero-order valence-corrected chi connectivity index (χ0v) is 9.71. The first-order chi connectivity index (χ1) is 8.15. The zero-order valence-electron chi connectivity index (χ0n) is 9.71. The topological polar surface area (TPSA) is 27.0 Å². The zero-order chi connectivity index (χ0) is 12.4. The monoisotopic (exact) mass is 236 g/mol. The molecular formula is C13H14F2N2. The quantitative estimate of drug-likeness (QED) is 0.788. The van der Waals surface area contributed by atoms with Crippen LogP contribution in [0, 0.1) is 23.0 Å². The van der Waals surface area contributed by atoms with Crippen LogP contribution >= 0.6 is 0 Å². The van der Waals surface area contributed by atoms with Gasteiger partial charge in [-0.2, -0.15) is 5.26 Å². The summed E-state index contributed by atoms with van der Waals surface area (Å²) >= 11 is 0. The lowest BCUT2D eigenvalue weighted by Gasteiger charge is -2.27. The van der Waals surface area contributed by atoms with Crippen molar-refractivity contribution in [2.24, 2.45) is 0 Å². The summed E-state index contributed by atoms with van der Waals surface area (Å²) in [6.45, 7) is 0. The highest BCUT2D eigenvalue weighted by molar-refractivity contribution is 5.52. The third kappa shape index (κ3) is 2.10. The maximum Gasteiger partial charge on any atom is 0.183 e. The molecule has 0 spiro atoms. The van der Waals surface area contributed by atoms with E-state index in [1.165, 1.54) is 12.1 Å². The van der Waals surface area contributed by atoms with Crippen LogP contribution in [0.5, 0.6) is 0 Å². The second-order valence-electron chi connectivity index (χ2n) is 4.42. The van der Waals surface area contributed by atoms with Crippen LogP contribution in [-0.2, 0) is 0 Å². The smallest absolute Gasteiger partial charge is 0.183 e. The van der Waals surface area contributed by atoms with Crippen LogP contribution in [-0.4, -0.2) is 13.1 Å². The fourth-order valence-electron chi connectivity index (χ4n) is 2.39. The van der Waals surface area contributed by atoms with E-state index in [1.807, 2.05) is 0 Å². The molecule has 0 saturated heterocycles. The summed E-state index contributed by atoms with van der Waals surface area (Å²) in [5.41, 5.74) is -0.000489. The van der Waals surface area contributed by atoms with Crippen molar-refractivity contribution in [2.75, 3.05) is 11.9 Å². The molecule has 1 aliphatic rings. The van der Waals surface area contributed by atoms with Gasteiger partial charge in [0.1, 0.15) is 6.07 Å². The second-order valence-corrected chi connectivity index (χ2v) is 4.42. The molecular weight excluding hydrogens is 222 g/mol. The van der Waals surface area contributed by atoms with Crippen molar-refractivity contribution in [3.8, 4) is 6.07 Å². The van der Waals surface area contributed by atoms with Gasteiger partial charge in [-0.15, -0.1) is 0 Å². The number of halogens is 2. The van der Waals surface area contributed by atoms with Crippen LogP contribution in [0.1, 0.15) is 31.2 Å². The highest BCUT2D eigenvalue weighted by Crippen LogP contribution is 2.30. The molecule has 4 heteroatoms. The number of benzene rings is 1. The molecule has 1 aromatic carbocycles. The summed E-state index contributed by atoms with van der Waals surface area (Å²) in [6, 6.07) is 4.73. The van der Waals surface area contributed by atoms with Crippen molar-refractivity contribution in [1.29, 1.82) is 5.26 Å². The van der Waals surface area contributed by atoms with Crippen molar-refractivity contribution in [3.05, 3.63) is 29.3 Å². The van der Waals surface area contributed by atoms with Gasteiger partial charge in [-0.3, -0.25) is 0 Å². The van der Waals surface area contributed by atoms with E-state index >= 15 is 0 Å². The number of anilines is 1. The summed E-state index contributed by atoms with van der Waals surface area (Å²) in [4.78, 5) is 1.78. The van der Waals surface area contributed by atoms with E-state index in [0.717, 1.165) is 25.7 Å². The van der Waals surface area contributed by atoms with E-state index in [-0.39, 0.29) is 17.3 Å². The summed E-state index contributed by atoms with van der Waals surface area (Å²) in [5.74, 6) is -1.96. The van der Waals surface area contributed by atoms with Crippen LogP contribution in [0.3, 0.4) is 0 Å². The van der Waals surface area contributed by atoms with Gasteiger partial charge < -0.3 is 4.90 Å². The third-order valence-corrected chi connectivity index (χ3v) is 3.43. The predicted octanol–water partition coefficient (Wildman–Crippen LogP) is 3.22. The molecule has 1 aromatic rings. The Bertz CT molecular complexity index is 459. The fraction of sp³-hybridized carbons (Fsp3) is 0.462. The molecule has 0 bridgehead atoms. The van der Waals surface area contributed by atoms with Crippen molar-refractivity contribution < 1.29 is 8.78 Å². The molecule has 1 saturated carbocycles. The van der Waals surface area contributed by atoms with Crippen molar-refractivity contribution in [1.82, 2.24) is 0 Å². The Morgan fingerprint density at radius 2 is 1.88 bits per heavy atom. The SMILES string of the molecule is CN(c1ccc(C#N)c(F)c1F)C1CCCC1. The Hall–Kier alpha value is -1.63. The van der Waals surface area contributed by atoms with Gasteiger partial charge >= 0.3 is 0 Å². The van der Waals surface area contributed by atoms with Crippen LogP contribution in [0.4, 0.5) is 14.5 Å². The summed E-state index contributed by atoms with van der Waals surface area (Å²) in [5, 5.41) is 8.61. The Labute approximate surface area is 99.5 Å². The molecule has 0 aliphatic heterocycles. The van der Waals surface area contributed by atoms with E-state index < -0.39 is 11.6 Å². The first kappa shape index (κ1) is 11.8. The molecule has 0 atom stereocenters. The lowest BCUT2D eigenvalue weighted by atomic mass is 10.1. The largest absolute Gasteiger partial charge is 0.369 e. The Balaban J connectivity index is 2.33. The second kappa shape index (κ2) is 4.70. The van der Waals surface area contributed by atoms with E-state index in [9.17, 15) is 8.78 Å². The van der Waals surface area contributed by atoms with Gasteiger partial charge in [0.05, 0.1) is 11.3 Å². The fourth-order valence-corrected chi connectivity index (χ4v) is 2.39. The third-order valence-electron chi connectivity index (χ3n) is 3.43. The average Bonchev–Trinajstić information content (AvgIpc) is 2.85. The summed E-state index contributed by atoms with van der Waals surface area (Å²) in [6.07, 6.45) is 4.29. The van der Waals surface area contributed by atoms with Crippen molar-refractivity contribution in [2.45, 2.75) is 31.7 Å². The Kier molecular flexibility index (Phi) is 3.28. The van der Waals surface area contributed by atoms with Crippen molar-refractivity contribution in [3.63, 3.8) is 0 Å². The lowest BCUT2D eigenvalue weighted by Crippen LogP contribution is -2.29. The average molecular weight is 236 g/mol. The van der Waals surface area contributed by atoms with E-state index in [1.54, 1.807) is 18.0 Å². The standard InChI is InChI=1S/C13H14F2N2/c1-17(10-4-2-3-5-10)11-7-6-9(8-16)12(14)13(11)15/h6-7,10H,2-5H2,1H3. The molecule has 0 unspecified atom stereocenters. The Morgan fingerprint density at radius 3 is 2.47 bits per heavy atom. The minimum atomic E-state index is -1.05. The van der Waals surface area contributed by atoms with Gasteiger partial charge in [0.15, 0.2) is 11.6 Å².